The molecule has 1 aromatic rings. The number of aromatic nitrogens is 1. The van der Waals surface area contributed by atoms with Crippen molar-refractivity contribution in [3.8, 4) is 0 Å². The minimum absolute atomic E-state index is 0.119. The minimum atomic E-state index is -0.410. The van der Waals surface area contributed by atoms with Crippen LogP contribution in [0.5, 0.6) is 0 Å². The van der Waals surface area contributed by atoms with E-state index in [1.807, 2.05) is 0 Å². The molecule has 1 heterocycles. The highest BCUT2D eigenvalue weighted by Crippen LogP contribution is 2.04. The highest BCUT2D eigenvalue weighted by Gasteiger charge is 2.02. The van der Waals surface area contributed by atoms with Crippen molar-refractivity contribution in [3.63, 3.8) is 0 Å². The van der Waals surface area contributed by atoms with Crippen LogP contribution >= 0.6 is 0 Å². The number of aliphatic hydroxyl groups is 1. The fourth-order valence-corrected chi connectivity index (χ4v) is 0.759. The molecular formula is C7H10N2O2. The number of hydrogen-bond acceptors (Lipinski definition) is 3. The van der Waals surface area contributed by atoms with E-state index in [1.54, 1.807) is 6.07 Å². The third-order valence-corrected chi connectivity index (χ3v) is 1.43. The second kappa shape index (κ2) is 3.32. The van der Waals surface area contributed by atoms with E-state index in [0.29, 0.717) is 0 Å². The summed E-state index contributed by atoms with van der Waals surface area (Å²) in [5.74, 6) is 0. The zero-order chi connectivity index (χ0) is 8.27. The molecule has 11 heavy (non-hydrogen) atoms. The molecule has 0 bridgehead atoms. The number of rotatable bonds is 2. The predicted molar refractivity (Wildman–Crippen MR) is 41.1 cm³/mol. The Bertz CT molecular complexity index is 262. The highest BCUT2D eigenvalue weighted by molar-refractivity contribution is 5.12. The van der Waals surface area contributed by atoms with Crippen LogP contribution in [0.25, 0.3) is 0 Å². The molecule has 0 spiro atoms. The predicted octanol–water partition coefficient (Wildman–Crippen LogP) is -0.633. The van der Waals surface area contributed by atoms with E-state index >= 15 is 0 Å². The molecular weight excluding hydrogens is 144 g/mol. The summed E-state index contributed by atoms with van der Waals surface area (Å²) in [6.07, 6.45) is 1.50. The van der Waals surface area contributed by atoms with Crippen LogP contribution in [0.1, 0.15) is 11.6 Å². The molecule has 4 nitrogen and oxygen atoms in total. The number of aromatic amines is 1. The first-order chi connectivity index (χ1) is 5.24. The lowest BCUT2D eigenvalue weighted by atomic mass is 10.1. The average molecular weight is 154 g/mol. The second-order valence-electron chi connectivity index (χ2n) is 2.28. The van der Waals surface area contributed by atoms with Gasteiger partial charge in [-0.25, -0.2) is 0 Å². The van der Waals surface area contributed by atoms with Crippen molar-refractivity contribution >= 4 is 0 Å². The molecule has 0 saturated heterocycles. The molecule has 0 fully saturated rings. The molecule has 1 rings (SSSR count). The first kappa shape index (κ1) is 7.97. The van der Waals surface area contributed by atoms with Gasteiger partial charge in [-0.2, -0.15) is 0 Å². The molecule has 0 saturated carbocycles. The number of pyridine rings is 1. The Hall–Kier alpha value is -1.13. The zero-order valence-electron chi connectivity index (χ0n) is 5.95. The van der Waals surface area contributed by atoms with Crippen molar-refractivity contribution in [3.05, 3.63) is 34.2 Å². The smallest absolute Gasteiger partial charge is 0.247 e. The van der Waals surface area contributed by atoms with Gasteiger partial charge in [0.1, 0.15) is 0 Å². The van der Waals surface area contributed by atoms with E-state index < -0.39 is 6.04 Å². The first-order valence-corrected chi connectivity index (χ1v) is 3.29. The number of H-pyrrole nitrogens is 1. The Morgan fingerprint density at radius 3 is 2.82 bits per heavy atom. The molecule has 1 aromatic heterocycles. The average Bonchev–Trinajstić information content (AvgIpc) is 2.05. The Morgan fingerprint density at radius 2 is 2.36 bits per heavy atom. The van der Waals surface area contributed by atoms with E-state index in [9.17, 15) is 4.79 Å². The fourth-order valence-electron chi connectivity index (χ4n) is 0.759. The Kier molecular flexibility index (Phi) is 2.40. The lowest BCUT2D eigenvalue weighted by molar-refractivity contribution is 0.268. The van der Waals surface area contributed by atoms with Crippen molar-refractivity contribution in [2.24, 2.45) is 5.73 Å². The third-order valence-electron chi connectivity index (χ3n) is 1.43. The van der Waals surface area contributed by atoms with Gasteiger partial charge in [0.05, 0.1) is 12.6 Å². The molecule has 0 unspecified atom stereocenters. The minimum Gasteiger partial charge on any atom is -0.394 e. The monoisotopic (exact) mass is 154 g/mol. The lowest BCUT2D eigenvalue weighted by Crippen LogP contribution is -2.16. The van der Waals surface area contributed by atoms with Crippen molar-refractivity contribution in [2.45, 2.75) is 6.04 Å². The van der Waals surface area contributed by atoms with Gasteiger partial charge in [0.25, 0.3) is 0 Å². The van der Waals surface area contributed by atoms with Gasteiger partial charge < -0.3 is 15.8 Å². The summed E-state index contributed by atoms with van der Waals surface area (Å²) in [5, 5.41) is 8.64. The van der Waals surface area contributed by atoms with E-state index in [2.05, 4.69) is 4.98 Å². The summed E-state index contributed by atoms with van der Waals surface area (Å²) in [6.45, 7) is -0.119. The highest BCUT2D eigenvalue weighted by atomic mass is 16.3. The molecule has 4 heteroatoms. The summed E-state index contributed by atoms with van der Waals surface area (Å²) in [5.41, 5.74) is 6.03. The van der Waals surface area contributed by atoms with Gasteiger partial charge in [0, 0.05) is 12.3 Å². The third kappa shape index (κ3) is 1.89. The quantitative estimate of drug-likeness (QED) is 0.530. The summed E-state index contributed by atoms with van der Waals surface area (Å²) < 4.78 is 0. The molecule has 0 aromatic carbocycles. The van der Waals surface area contributed by atoms with Crippen LogP contribution in [0, 0.1) is 0 Å². The fraction of sp³-hybridized carbons (Fsp3) is 0.286. The van der Waals surface area contributed by atoms with E-state index in [1.165, 1.54) is 12.3 Å². The van der Waals surface area contributed by atoms with Crippen molar-refractivity contribution in [1.82, 2.24) is 4.98 Å². The maximum absolute atomic E-state index is 10.6. The molecule has 1 atom stereocenters. The zero-order valence-corrected chi connectivity index (χ0v) is 5.95. The largest absolute Gasteiger partial charge is 0.394 e. The van der Waals surface area contributed by atoms with Gasteiger partial charge >= 0.3 is 0 Å². The number of nitrogens with one attached hydrogen (secondary N) is 1. The van der Waals surface area contributed by atoms with E-state index in [4.69, 9.17) is 10.8 Å². The molecule has 0 aliphatic rings. The maximum atomic E-state index is 10.6. The molecule has 0 aliphatic carbocycles. The Balaban J connectivity index is 2.89. The standard InChI is InChI=1S/C7H10N2O2/c8-6(4-10)5-1-2-7(11)9-3-5/h1-3,6,10H,4,8H2,(H,9,11)/t6-/m1/s1. The van der Waals surface area contributed by atoms with Crippen LogP contribution in [-0.2, 0) is 0 Å². The van der Waals surface area contributed by atoms with Crippen molar-refractivity contribution in [2.75, 3.05) is 6.61 Å². The van der Waals surface area contributed by atoms with Gasteiger partial charge in [-0.05, 0) is 5.56 Å². The molecule has 60 valence electrons. The van der Waals surface area contributed by atoms with Gasteiger partial charge in [-0.3, -0.25) is 4.79 Å². The molecule has 0 radical (unpaired) electrons. The Morgan fingerprint density at radius 1 is 1.64 bits per heavy atom. The van der Waals surface area contributed by atoms with Crippen LogP contribution in [-0.4, -0.2) is 16.7 Å². The van der Waals surface area contributed by atoms with Crippen LogP contribution in [0.15, 0.2) is 23.1 Å². The molecule has 0 amide bonds. The summed E-state index contributed by atoms with van der Waals surface area (Å²) in [6, 6.07) is 2.57. The number of hydrogen-bond donors (Lipinski definition) is 3. The van der Waals surface area contributed by atoms with Crippen LogP contribution in [0.4, 0.5) is 0 Å². The summed E-state index contributed by atoms with van der Waals surface area (Å²) in [4.78, 5) is 13.0. The van der Waals surface area contributed by atoms with E-state index in [0.717, 1.165) is 5.56 Å². The Labute approximate surface area is 63.7 Å². The second-order valence-corrected chi connectivity index (χ2v) is 2.28. The number of nitrogens with two attached hydrogens (primary N) is 1. The molecule has 0 aliphatic heterocycles. The van der Waals surface area contributed by atoms with Crippen LogP contribution < -0.4 is 11.3 Å². The SMILES string of the molecule is N[C@H](CO)c1ccc(=O)[nH]c1. The molecule has 4 N–H and O–H groups in total. The van der Waals surface area contributed by atoms with Gasteiger partial charge in [-0.1, -0.05) is 6.07 Å². The number of aliphatic hydroxyl groups excluding tert-OH is 1. The first-order valence-electron chi connectivity index (χ1n) is 3.29. The van der Waals surface area contributed by atoms with E-state index in [-0.39, 0.29) is 12.2 Å². The topological polar surface area (TPSA) is 79.1 Å². The van der Waals surface area contributed by atoms with Crippen LogP contribution in [0.3, 0.4) is 0 Å². The maximum Gasteiger partial charge on any atom is 0.247 e. The summed E-state index contributed by atoms with van der Waals surface area (Å²) in [7, 11) is 0. The van der Waals surface area contributed by atoms with Crippen molar-refractivity contribution in [1.29, 1.82) is 0 Å². The van der Waals surface area contributed by atoms with Gasteiger partial charge in [0.2, 0.25) is 5.56 Å². The summed E-state index contributed by atoms with van der Waals surface area (Å²) >= 11 is 0. The normalized spacial score (nSPS) is 12.9. The lowest BCUT2D eigenvalue weighted by Gasteiger charge is -2.05. The van der Waals surface area contributed by atoms with Crippen LogP contribution in [0.2, 0.25) is 0 Å². The van der Waals surface area contributed by atoms with Crippen molar-refractivity contribution < 1.29 is 5.11 Å². The van der Waals surface area contributed by atoms with Gasteiger partial charge in [0.15, 0.2) is 0 Å². The van der Waals surface area contributed by atoms with Gasteiger partial charge in [-0.15, -0.1) is 0 Å².